The van der Waals surface area contributed by atoms with Crippen LogP contribution in [0.15, 0.2) is 30.3 Å². The van der Waals surface area contributed by atoms with E-state index in [1.54, 1.807) is 19.2 Å². The second-order valence-corrected chi connectivity index (χ2v) is 5.68. The number of fused-ring (bicyclic) bond motifs is 2. The van der Waals surface area contributed by atoms with Gasteiger partial charge in [-0.1, -0.05) is 12.1 Å². The van der Waals surface area contributed by atoms with Gasteiger partial charge in [0.05, 0.1) is 25.5 Å². The summed E-state index contributed by atoms with van der Waals surface area (Å²) in [5.74, 6) is 2.18. The Kier molecular flexibility index (Phi) is 3.76. The maximum atomic E-state index is 12.6. The lowest BCUT2D eigenvalue weighted by atomic mass is 10.0. The topological polar surface area (TPSA) is 78.1 Å². The van der Waals surface area contributed by atoms with E-state index in [0.29, 0.717) is 47.5 Å². The van der Waals surface area contributed by atoms with E-state index < -0.39 is 6.17 Å². The summed E-state index contributed by atoms with van der Waals surface area (Å²) >= 11 is 0. The molecule has 130 valence electrons. The van der Waals surface area contributed by atoms with E-state index >= 15 is 0 Å². The fourth-order valence-corrected chi connectivity index (χ4v) is 3.07. The van der Waals surface area contributed by atoms with Gasteiger partial charge in [-0.3, -0.25) is 4.79 Å². The molecule has 7 heteroatoms. The van der Waals surface area contributed by atoms with Crippen molar-refractivity contribution in [2.45, 2.75) is 6.17 Å². The summed E-state index contributed by atoms with van der Waals surface area (Å²) in [6.07, 6.45) is -0.435. The molecule has 0 aliphatic carbocycles. The highest BCUT2D eigenvalue weighted by Crippen LogP contribution is 2.41. The molecule has 4 rings (SSSR count). The highest BCUT2D eigenvalue weighted by Gasteiger charge is 2.30. The Balaban J connectivity index is 1.74. The van der Waals surface area contributed by atoms with Crippen LogP contribution in [0.2, 0.25) is 0 Å². The van der Waals surface area contributed by atoms with Crippen molar-refractivity contribution in [3.8, 4) is 23.0 Å². The van der Waals surface area contributed by atoms with Crippen molar-refractivity contribution in [2.75, 3.05) is 32.8 Å². The number of carbonyl (C=O) groups is 1. The minimum absolute atomic E-state index is 0.200. The Morgan fingerprint density at radius 2 is 1.80 bits per heavy atom. The van der Waals surface area contributed by atoms with Gasteiger partial charge in [0.2, 0.25) is 0 Å². The molecule has 2 N–H and O–H groups in total. The Bertz CT molecular complexity index is 836. The number of hydrogen-bond acceptors (Lipinski definition) is 6. The second kappa shape index (κ2) is 6.08. The minimum Gasteiger partial charge on any atom is -0.493 e. The van der Waals surface area contributed by atoms with Gasteiger partial charge in [-0.15, -0.1) is 0 Å². The molecule has 7 nitrogen and oxygen atoms in total. The minimum atomic E-state index is -0.435. The highest BCUT2D eigenvalue weighted by molar-refractivity contribution is 6.02. The van der Waals surface area contributed by atoms with Gasteiger partial charge in [0.15, 0.2) is 23.0 Å². The van der Waals surface area contributed by atoms with Gasteiger partial charge in [0.1, 0.15) is 19.4 Å². The molecule has 25 heavy (non-hydrogen) atoms. The fraction of sp³-hybridized carbons (Fsp3) is 0.278. The summed E-state index contributed by atoms with van der Waals surface area (Å²) in [6.45, 7) is 0.993. The second-order valence-electron chi connectivity index (χ2n) is 5.68. The number of methoxy groups -OCH3 is 2. The third-order valence-electron chi connectivity index (χ3n) is 4.25. The van der Waals surface area contributed by atoms with Crippen molar-refractivity contribution in [1.29, 1.82) is 0 Å². The van der Waals surface area contributed by atoms with E-state index in [2.05, 4.69) is 10.6 Å². The molecule has 0 spiro atoms. The number of hydrogen-bond donors (Lipinski definition) is 2. The van der Waals surface area contributed by atoms with E-state index in [1.807, 2.05) is 18.2 Å². The van der Waals surface area contributed by atoms with E-state index in [0.717, 1.165) is 5.56 Å². The number of amides is 1. The molecule has 2 aliphatic rings. The number of rotatable bonds is 3. The summed E-state index contributed by atoms with van der Waals surface area (Å²) in [5, 5.41) is 6.26. The molecule has 1 amide bonds. The first-order valence-corrected chi connectivity index (χ1v) is 7.93. The molecule has 0 aromatic heterocycles. The Labute approximate surface area is 144 Å². The van der Waals surface area contributed by atoms with Gasteiger partial charge >= 0.3 is 0 Å². The van der Waals surface area contributed by atoms with E-state index in [1.165, 1.54) is 7.11 Å². The van der Waals surface area contributed by atoms with Crippen molar-refractivity contribution in [3.05, 3.63) is 41.5 Å². The molecule has 0 bridgehead atoms. The Morgan fingerprint density at radius 3 is 2.60 bits per heavy atom. The van der Waals surface area contributed by atoms with Crippen LogP contribution in [0.4, 0.5) is 5.69 Å². The zero-order chi connectivity index (χ0) is 17.4. The van der Waals surface area contributed by atoms with Crippen LogP contribution in [-0.2, 0) is 0 Å². The summed E-state index contributed by atoms with van der Waals surface area (Å²) in [5.41, 5.74) is 1.97. The van der Waals surface area contributed by atoms with Gasteiger partial charge in [-0.05, 0) is 12.1 Å². The summed E-state index contributed by atoms with van der Waals surface area (Å²) in [7, 11) is 3.10. The van der Waals surface area contributed by atoms with Gasteiger partial charge in [-0.25, -0.2) is 0 Å². The SMILES string of the molecule is COc1cc2c(cc1OC)C(=O)NC(c1cccc3c1OCCO3)N2. The number of ether oxygens (including phenoxy) is 4. The number of nitrogens with one attached hydrogen (secondary N) is 2. The molecule has 1 unspecified atom stereocenters. The standard InChI is InChI=1S/C18H18N2O5/c1-22-14-8-11-12(9-15(14)23-2)19-17(20-18(11)21)10-4-3-5-13-16(10)25-7-6-24-13/h3-5,8-9,17,19H,6-7H2,1-2H3,(H,20,21). The van der Waals surface area contributed by atoms with Gasteiger partial charge < -0.3 is 29.6 Å². The Hall–Kier alpha value is -3.09. The largest absolute Gasteiger partial charge is 0.493 e. The summed E-state index contributed by atoms with van der Waals surface area (Å²) in [4.78, 5) is 12.6. The highest BCUT2D eigenvalue weighted by atomic mass is 16.6. The normalized spacial score (nSPS) is 17.8. The third kappa shape index (κ3) is 2.57. The zero-order valence-corrected chi connectivity index (χ0v) is 13.9. The van der Waals surface area contributed by atoms with Crippen molar-refractivity contribution in [2.24, 2.45) is 0 Å². The number of para-hydroxylation sites is 1. The maximum absolute atomic E-state index is 12.6. The third-order valence-corrected chi connectivity index (χ3v) is 4.25. The predicted molar refractivity (Wildman–Crippen MR) is 90.8 cm³/mol. The first-order valence-electron chi connectivity index (χ1n) is 7.93. The molecule has 2 heterocycles. The number of anilines is 1. The van der Waals surface area contributed by atoms with E-state index in [-0.39, 0.29) is 5.91 Å². The quantitative estimate of drug-likeness (QED) is 0.891. The summed E-state index contributed by atoms with van der Waals surface area (Å²) in [6, 6.07) is 9.04. The van der Waals surface area contributed by atoms with Gasteiger partial charge in [0.25, 0.3) is 5.91 Å². The molecule has 0 radical (unpaired) electrons. The first kappa shape index (κ1) is 15.4. The fourth-order valence-electron chi connectivity index (χ4n) is 3.07. The number of benzene rings is 2. The van der Waals surface area contributed by atoms with Crippen LogP contribution in [0.25, 0.3) is 0 Å². The lowest BCUT2D eigenvalue weighted by molar-refractivity contribution is 0.0933. The first-order chi connectivity index (χ1) is 12.2. The average molecular weight is 342 g/mol. The molecule has 0 saturated heterocycles. The van der Waals surface area contributed by atoms with Crippen LogP contribution in [-0.4, -0.2) is 33.3 Å². The van der Waals surface area contributed by atoms with Crippen LogP contribution < -0.4 is 29.6 Å². The molecule has 1 atom stereocenters. The van der Waals surface area contributed by atoms with Crippen molar-refractivity contribution < 1.29 is 23.7 Å². The van der Waals surface area contributed by atoms with Crippen LogP contribution in [0, 0.1) is 0 Å². The maximum Gasteiger partial charge on any atom is 0.255 e. The monoisotopic (exact) mass is 342 g/mol. The van der Waals surface area contributed by atoms with E-state index in [4.69, 9.17) is 18.9 Å². The molecule has 2 aliphatic heterocycles. The van der Waals surface area contributed by atoms with Crippen LogP contribution in [0.5, 0.6) is 23.0 Å². The molecular formula is C18H18N2O5. The smallest absolute Gasteiger partial charge is 0.255 e. The molecular weight excluding hydrogens is 324 g/mol. The lowest BCUT2D eigenvalue weighted by Crippen LogP contribution is -2.39. The zero-order valence-electron chi connectivity index (χ0n) is 13.9. The van der Waals surface area contributed by atoms with Gasteiger partial charge in [0, 0.05) is 11.6 Å². The Morgan fingerprint density at radius 1 is 1.04 bits per heavy atom. The lowest BCUT2D eigenvalue weighted by Gasteiger charge is -2.31. The van der Waals surface area contributed by atoms with Crippen molar-refractivity contribution in [1.82, 2.24) is 5.32 Å². The van der Waals surface area contributed by atoms with Crippen molar-refractivity contribution >= 4 is 11.6 Å². The van der Waals surface area contributed by atoms with Crippen molar-refractivity contribution in [3.63, 3.8) is 0 Å². The summed E-state index contributed by atoms with van der Waals surface area (Å²) < 4.78 is 22.0. The van der Waals surface area contributed by atoms with E-state index in [9.17, 15) is 4.79 Å². The molecule has 2 aromatic rings. The van der Waals surface area contributed by atoms with Crippen LogP contribution in [0.1, 0.15) is 22.1 Å². The molecule has 2 aromatic carbocycles. The van der Waals surface area contributed by atoms with Crippen LogP contribution in [0.3, 0.4) is 0 Å². The molecule has 0 saturated carbocycles. The average Bonchev–Trinajstić information content (AvgIpc) is 2.66. The molecule has 0 fully saturated rings. The van der Waals surface area contributed by atoms with Crippen LogP contribution >= 0.6 is 0 Å². The predicted octanol–water partition coefficient (Wildman–Crippen LogP) is 2.33. The number of carbonyl (C=O) groups excluding carboxylic acids is 1. The van der Waals surface area contributed by atoms with Gasteiger partial charge in [-0.2, -0.15) is 0 Å².